The molecule has 6 N–H and O–H groups in total. The number of carbonyl (C=O) groups excluding carboxylic acids is 1. The number of amides is 1. The number of nitrogens with two attached hydrogens (primary N) is 1. The van der Waals surface area contributed by atoms with Crippen molar-refractivity contribution in [2.24, 2.45) is 0 Å². The minimum Gasteiger partial charge on any atom is -0.397 e. The van der Waals surface area contributed by atoms with Gasteiger partial charge in [-0.05, 0) is 56.1 Å². The summed E-state index contributed by atoms with van der Waals surface area (Å²) in [5.41, 5.74) is 13.1. The molecule has 1 amide bonds. The predicted octanol–water partition coefficient (Wildman–Crippen LogP) is 6.11. The fraction of sp³-hybridized carbons (Fsp3) is 0.133. The van der Waals surface area contributed by atoms with Crippen molar-refractivity contribution in [1.82, 2.24) is 40.3 Å². The lowest BCUT2D eigenvalue weighted by atomic mass is 10.1. The molecule has 0 fully saturated rings. The molecule has 228 valence electrons. The number of pyridine rings is 2. The number of nitrogens with one attached hydrogen (secondary N) is 4. The highest BCUT2D eigenvalue weighted by molar-refractivity contribution is 9.10. The maximum atomic E-state index is 12.5. The van der Waals surface area contributed by atoms with E-state index in [-0.39, 0.29) is 5.91 Å². The van der Waals surface area contributed by atoms with Crippen LogP contribution in [0.25, 0.3) is 44.6 Å². The zero-order chi connectivity index (χ0) is 31.5. The Morgan fingerprint density at radius 3 is 2.29 bits per heavy atom. The van der Waals surface area contributed by atoms with E-state index in [9.17, 15) is 4.79 Å². The van der Waals surface area contributed by atoms with E-state index in [1.165, 1.54) is 0 Å². The first-order valence-electron chi connectivity index (χ1n) is 13.5. The number of hydrogen-bond acceptors (Lipinski definition) is 9. The van der Waals surface area contributed by atoms with E-state index in [1.54, 1.807) is 38.7 Å². The van der Waals surface area contributed by atoms with Crippen LogP contribution in [0, 0.1) is 0 Å². The number of ether oxygens (including phenoxy) is 2. The second-order valence-corrected chi connectivity index (χ2v) is 11.7. The molecule has 0 unspecified atom stereocenters. The van der Waals surface area contributed by atoms with Crippen LogP contribution < -0.4 is 11.1 Å². The Morgan fingerprint density at radius 1 is 0.889 bits per heavy atom. The lowest BCUT2D eigenvalue weighted by Gasteiger charge is -2.11. The molecule has 5 heterocycles. The normalized spacial score (nSPS) is 11.2. The number of aromatic nitrogens is 8. The number of benzene rings is 2. The van der Waals surface area contributed by atoms with Gasteiger partial charge < -0.3 is 25.5 Å². The van der Waals surface area contributed by atoms with Crippen molar-refractivity contribution < 1.29 is 14.3 Å². The summed E-state index contributed by atoms with van der Waals surface area (Å²) in [6.45, 7) is 0.901. The van der Waals surface area contributed by atoms with Crippen molar-refractivity contribution in [3.63, 3.8) is 0 Å². The summed E-state index contributed by atoms with van der Waals surface area (Å²) >= 11 is 6.78. The van der Waals surface area contributed by atoms with Gasteiger partial charge in [0.05, 0.1) is 46.4 Å². The Labute approximate surface area is 272 Å². The summed E-state index contributed by atoms with van der Waals surface area (Å²) in [6.07, 6.45) is 3.35. The molecule has 0 aliphatic rings. The van der Waals surface area contributed by atoms with Crippen LogP contribution in [-0.2, 0) is 22.7 Å². The monoisotopic (exact) mass is 732 g/mol. The summed E-state index contributed by atoms with van der Waals surface area (Å²) < 4.78 is 12.0. The van der Waals surface area contributed by atoms with E-state index < -0.39 is 0 Å². The average molecular weight is 734 g/mol. The highest BCUT2D eigenvalue weighted by Gasteiger charge is 2.17. The summed E-state index contributed by atoms with van der Waals surface area (Å²) in [6, 6.07) is 15.2. The average Bonchev–Trinajstić information content (AvgIpc) is 3.76. The van der Waals surface area contributed by atoms with Gasteiger partial charge >= 0.3 is 0 Å². The summed E-state index contributed by atoms with van der Waals surface area (Å²) in [7, 11) is 3.27. The minimum atomic E-state index is -0.339. The molecule has 7 aromatic rings. The second-order valence-electron chi connectivity index (χ2n) is 9.84. The SMILES string of the molecule is COCc1cccc(NC(=O)c2[nH]nc3ncc(Br)cc23)c1N.COCc1cccc2[nH]c(-c3[nH]nc4ncc(Br)cc34)nc12. The van der Waals surface area contributed by atoms with E-state index in [0.717, 1.165) is 48.0 Å². The first-order chi connectivity index (χ1) is 21.9. The number of para-hydroxylation sites is 2. The molecule has 5 aromatic heterocycles. The van der Waals surface area contributed by atoms with Crippen molar-refractivity contribution in [1.29, 1.82) is 0 Å². The Hall–Kier alpha value is -4.70. The number of methoxy groups -OCH3 is 2. The fourth-order valence-corrected chi connectivity index (χ4v) is 5.43. The van der Waals surface area contributed by atoms with Crippen LogP contribution in [0.1, 0.15) is 21.6 Å². The van der Waals surface area contributed by atoms with Gasteiger partial charge in [-0.1, -0.05) is 24.3 Å². The van der Waals surface area contributed by atoms with Gasteiger partial charge in [-0.15, -0.1) is 0 Å². The number of anilines is 2. The number of imidazole rings is 1. The van der Waals surface area contributed by atoms with Gasteiger partial charge in [0.2, 0.25) is 0 Å². The standard InChI is InChI=1S/C15H14BrN5O2.C15H12BrN5O/c1-23-7-8-3-2-4-11(12(8)17)19-15(22)13-10-5-9(16)6-18-14(10)21-20-13;1-22-7-8-3-2-4-11-12(8)19-15(18-11)13-10-5-9(16)6-17-14(10)21-20-13/h2-6H,7,17H2,1H3,(H,19,22)(H,18,20,21);2-6H,7H2,1H3,(H,18,19)(H,17,20,21). The van der Waals surface area contributed by atoms with Crippen molar-refractivity contribution in [2.75, 3.05) is 25.3 Å². The molecule has 0 radical (unpaired) electrons. The molecule has 7 rings (SSSR count). The molecular formula is C30H26Br2N10O3. The fourth-order valence-electron chi connectivity index (χ4n) is 4.77. The molecule has 13 nitrogen and oxygen atoms in total. The van der Waals surface area contributed by atoms with Crippen molar-refractivity contribution >= 4 is 82.2 Å². The van der Waals surface area contributed by atoms with Crippen LogP contribution in [0.2, 0.25) is 0 Å². The van der Waals surface area contributed by atoms with Gasteiger partial charge in [0, 0.05) is 46.7 Å². The first kappa shape index (κ1) is 30.3. The summed E-state index contributed by atoms with van der Waals surface area (Å²) in [4.78, 5) is 29.0. The maximum Gasteiger partial charge on any atom is 0.274 e. The van der Waals surface area contributed by atoms with Gasteiger partial charge in [0.25, 0.3) is 5.91 Å². The van der Waals surface area contributed by atoms with Crippen LogP contribution in [0.3, 0.4) is 0 Å². The number of hydrogen-bond donors (Lipinski definition) is 5. The summed E-state index contributed by atoms with van der Waals surface area (Å²) in [5.74, 6) is 0.398. The number of H-pyrrole nitrogens is 3. The Balaban J connectivity index is 0.000000159. The third-order valence-corrected chi connectivity index (χ3v) is 7.72. The number of nitrogen functional groups attached to an aromatic ring is 1. The number of fused-ring (bicyclic) bond motifs is 3. The van der Waals surface area contributed by atoms with Gasteiger partial charge in [0.15, 0.2) is 17.1 Å². The van der Waals surface area contributed by atoms with E-state index in [4.69, 9.17) is 20.2 Å². The van der Waals surface area contributed by atoms with E-state index in [2.05, 4.69) is 72.5 Å². The number of halogens is 2. The van der Waals surface area contributed by atoms with Crippen LogP contribution in [0.15, 0.2) is 69.9 Å². The largest absolute Gasteiger partial charge is 0.397 e. The van der Waals surface area contributed by atoms with Gasteiger partial charge in [-0.3, -0.25) is 15.0 Å². The van der Waals surface area contributed by atoms with Crippen molar-refractivity contribution in [3.05, 3.63) is 86.7 Å². The van der Waals surface area contributed by atoms with E-state index >= 15 is 0 Å². The maximum absolute atomic E-state index is 12.5. The topological polar surface area (TPSA) is 185 Å². The lowest BCUT2D eigenvalue weighted by molar-refractivity contribution is 0.102. The van der Waals surface area contributed by atoms with E-state index in [0.29, 0.717) is 47.0 Å². The molecule has 0 aliphatic carbocycles. The van der Waals surface area contributed by atoms with Crippen molar-refractivity contribution in [3.8, 4) is 11.5 Å². The molecule has 0 atom stereocenters. The van der Waals surface area contributed by atoms with Gasteiger partial charge in [-0.25, -0.2) is 15.0 Å². The molecule has 0 saturated heterocycles. The highest BCUT2D eigenvalue weighted by Crippen LogP contribution is 2.29. The highest BCUT2D eigenvalue weighted by atomic mass is 79.9. The molecular weight excluding hydrogens is 708 g/mol. The molecule has 45 heavy (non-hydrogen) atoms. The predicted molar refractivity (Wildman–Crippen MR) is 178 cm³/mol. The molecule has 2 aromatic carbocycles. The number of nitrogens with zero attached hydrogens (tertiary/aromatic N) is 5. The Bertz CT molecular complexity index is 2160. The zero-order valence-corrected chi connectivity index (χ0v) is 27.2. The first-order valence-corrected chi connectivity index (χ1v) is 15.1. The number of carbonyl (C=O) groups is 1. The molecule has 0 bridgehead atoms. The second kappa shape index (κ2) is 13.1. The third kappa shape index (κ3) is 6.28. The molecule has 0 saturated carbocycles. The molecule has 15 heteroatoms. The van der Waals surface area contributed by atoms with Crippen molar-refractivity contribution in [2.45, 2.75) is 13.2 Å². The minimum absolute atomic E-state index is 0.324. The third-order valence-electron chi connectivity index (χ3n) is 6.86. The summed E-state index contributed by atoms with van der Waals surface area (Å²) in [5, 5.41) is 18.3. The Kier molecular flexibility index (Phi) is 8.84. The van der Waals surface area contributed by atoms with Crippen LogP contribution in [-0.4, -0.2) is 60.5 Å². The lowest BCUT2D eigenvalue weighted by Crippen LogP contribution is -2.14. The quantitative estimate of drug-likeness (QED) is 0.121. The van der Waals surface area contributed by atoms with E-state index in [1.807, 2.05) is 36.4 Å². The van der Waals surface area contributed by atoms with Gasteiger partial charge in [-0.2, -0.15) is 10.2 Å². The van der Waals surface area contributed by atoms with Crippen LogP contribution in [0.4, 0.5) is 11.4 Å². The molecule has 0 spiro atoms. The van der Waals surface area contributed by atoms with Crippen LogP contribution >= 0.6 is 31.9 Å². The molecule has 0 aliphatic heterocycles. The van der Waals surface area contributed by atoms with Gasteiger partial charge in [0.1, 0.15) is 11.4 Å². The van der Waals surface area contributed by atoms with Crippen LogP contribution in [0.5, 0.6) is 0 Å². The number of aromatic amines is 3. The Morgan fingerprint density at radius 2 is 1.53 bits per heavy atom. The number of rotatable bonds is 7. The zero-order valence-electron chi connectivity index (χ0n) is 24.0. The smallest absolute Gasteiger partial charge is 0.274 e.